The average molecular weight is 417 g/mol. The molecule has 8 heteroatoms. The van der Waals surface area contributed by atoms with Gasteiger partial charge in [0.2, 0.25) is 0 Å². The van der Waals surface area contributed by atoms with E-state index in [1.165, 1.54) is 12.1 Å². The molecule has 1 amide bonds. The summed E-state index contributed by atoms with van der Waals surface area (Å²) in [5, 5.41) is 11.2. The van der Waals surface area contributed by atoms with E-state index in [9.17, 15) is 9.18 Å². The van der Waals surface area contributed by atoms with Crippen molar-refractivity contribution in [3.63, 3.8) is 0 Å². The van der Waals surface area contributed by atoms with Crippen LogP contribution >= 0.6 is 0 Å². The SMILES string of the molecule is CCOc1ccc(-n2nnc(C(=O)NCc3ccc(F)cc3)c2-c2ccncc2)cc1. The second kappa shape index (κ2) is 9.17. The summed E-state index contributed by atoms with van der Waals surface area (Å²) in [7, 11) is 0. The van der Waals surface area contributed by atoms with Gasteiger partial charge >= 0.3 is 0 Å². The van der Waals surface area contributed by atoms with Gasteiger partial charge in [0.25, 0.3) is 5.91 Å². The zero-order chi connectivity index (χ0) is 21.6. The molecule has 0 spiro atoms. The molecule has 2 aromatic heterocycles. The topological polar surface area (TPSA) is 81.9 Å². The number of aromatic nitrogens is 4. The van der Waals surface area contributed by atoms with Crippen molar-refractivity contribution in [3.05, 3.63) is 90.1 Å². The fourth-order valence-electron chi connectivity index (χ4n) is 3.10. The van der Waals surface area contributed by atoms with E-state index >= 15 is 0 Å². The first-order valence-corrected chi connectivity index (χ1v) is 9.77. The molecule has 0 unspecified atom stereocenters. The molecule has 0 aliphatic rings. The highest BCUT2D eigenvalue weighted by Crippen LogP contribution is 2.26. The Hall–Kier alpha value is -4.07. The summed E-state index contributed by atoms with van der Waals surface area (Å²) < 4.78 is 20.2. The predicted molar refractivity (Wildman–Crippen MR) is 113 cm³/mol. The fourth-order valence-corrected chi connectivity index (χ4v) is 3.10. The third-order valence-corrected chi connectivity index (χ3v) is 4.60. The Morgan fingerprint density at radius 1 is 1.03 bits per heavy atom. The number of hydrogen-bond acceptors (Lipinski definition) is 5. The van der Waals surface area contributed by atoms with Gasteiger partial charge in [-0.25, -0.2) is 9.07 Å². The van der Waals surface area contributed by atoms with E-state index in [2.05, 4.69) is 20.6 Å². The minimum Gasteiger partial charge on any atom is -0.494 e. The maximum Gasteiger partial charge on any atom is 0.274 e. The highest BCUT2D eigenvalue weighted by Gasteiger charge is 2.22. The van der Waals surface area contributed by atoms with Crippen molar-refractivity contribution in [2.45, 2.75) is 13.5 Å². The molecule has 0 saturated heterocycles. The highest BCUT2D eigenvalue weighted by molar-refractivity contribution is 5.98. The van der Waals surface area contributed by atoms with Crippen LogP contribution in [0.1, 0.15) is 23.0 Å². The van der Waals surface area contributed by atoms with Gasteiger partial charge in [0.1, 0.15) is 17.3 Å². The molecule has 0 bridgehead atoms. The summed E-state index contributed by atoms with van der Waals surface area (Å²) in [6, 6.07) is 16.9. The molecule has 7 nitrogen and oxygen atoms in total. The molecule has 31 heavy (non-hydrogen) atoms. The van der Waals surface area contributed by atoms with Gasteiger partial charge in [-0.3, -0.25) is 9.78 Å². The zero-order valence-electron chi connectivity index (χ0n) is 16.8. The minimum atomic E-state index is -0.381. The third kappa shape index (κ3) is 4.58. The summed E-state index contributed by atoms with van der Waals surface area (Å²) in [4.78, 5) is 17.0. The van der Waals surface area contributed by atoms with Crippen molar-refractivity contribution in [1.82, 2.24) is 25.3 Å². The molecule has 156 valence electrons. The summed E-state index contributed by atoms with van der Waals surface area (Å²) in [6.07, 6.45) is 3.29. The molecule has 0 fully saturated rings. The molecule has 4 rings (SSSR count). The Balaban J connectivity index is 1.66. The van der Waals surface area contributed by atoms with Gasteiger partial charge in [0, 0.05) is 24.5 Å². The lowest BCUT2D eigenvalue weighted by molar-refractivity contribution is 0.0946. The molecule has 0 aliphatic heterocycles. The second-order valence-corrected chi connectivity index (χ2v) is 6.67. The van der Waals surface area contributed by atoms with Crippen LogP contribution < -0.4 is 10.1 Å². The molecule has 0 saturated carbocycles. The molecular formula is C23H20FN5O2. The van der Waals surface area contributed by atoms with Gasteiger partial charge in [-0.2, -0.15) is 0 Å². The van der Waals surface area contributed by atoms with Crippen LogP contribution in [0.4, 0.5) is 4.39 Å². The lowest BCUT2D eigenvalue weighted by Gasteiger charge is -2.10. The Labute approximate surface area is 178 Å². The van der Waals surface area contributed by atoms with Gasteiger partial charge in [0.15, 0.2) is 5.69 Å². The number of nitrogens with one attached hydrogen (secondary N) is 1. The normalized spacial score (nSPS) is 10.6. The van der Waals surface area contributed by atoms with E-state index in [0.717, 1.165) is 22.6 Å². The third-order valence-electron chi connectivity index (χ3n) is 4.60. The predicted octanol–water partition coefficient (Wildman–Crippen LogP) is 3.80. The second-order valence-electron chi connectivity index (χ2n) is 6.67. The van der Waals surface area contributed by atoms with E-state index in [-0.39, 0.29) is 24.0 Å². The minimum absolute atomic E-state index is 0.183. The number of ether oxygens (including phenoxy) is 1. The number of hydrogen-bond donors (Lipinski definition) is 1. The Morgan fingerprint density at radius 2 is 1.74 bits per heavy atom. The van der Waals surface area contributed by atoms with Crippen molar-refractivity contribution < 1.29 is 13.9 Å². The average Bonchev–Trinajstić information content (AvgIpc) is 3.25. The standard InChI is InChI=1S/C23H20FN5O2/c1-2-31-20-9-7-19(8-10-20)29-22(17-11-13-25-14-12-17)21(27-28-29)23(30)26-15-16-3-5-18(24)6-4-16/h3-14H,2,15H2,1H3,(H,26,30). The van der Waals surface area contributed by atoms with Crippen LogP contribution in [0.25, 0.3) is 16.9 Å². The molecule has 2 aromatic carbocycles. The van der Waals surface area contributed by atoms with E-state index in [1.807, 2.05) is 31.2 Å². The van der Waals surface area contributed by atoms with Crippen LogP contribution in [-0.2, 0) is 6.54 Å². The van der Waals surface area contributed by atoms with Crippen molar-refractivity contribution in [1.29, 1.82) is 0 Å². The van der Waals surface area contributed by atoms with E-state index in [1.54, 1.807) is 41.3 Å². The highest BCUT2D eigenvalue weighted by atomic mass is 19.1. The van der Waals surface area contributed by atoms with Gasteiger partial charge in [-0.1, -0.05) is 17.3 Å². The van der Waals surface area contributed by atoms with Crippen LogP contribution in [-0.4, -0.2) is 32.5 Å². The zero-order valence-corrected chi connectivity index (χ0v) is 16.8. The van der Waals surface area contributed by atoms with Gasteiger partial charge in [0.05, 0.1) is 12.3 Å². The van der Waals surface area contributed by atoms with E-state index in [0.29, 0.717) is 12.3 Å². The van der Waals surface area contributed by atoms with Crippen LogP contribution in [0.5, 0.6) is 5.75 Å². The van der Waals surface area contributed by atoms with Crippen LogP contribution in [0.15, 0.2) is 73.1 Å². The number of carbonyl (C=O) groups is 1. The number of benzene rings is 2. The number of halogens is 1. The first-order chi connectivity index (χ1) is 15.2. The van der Waals surface area contributed by atoms with Crippen molar-refractivity contribution in [2.75, 3.05) is 6.61 Å². The van der Waals surface area contributed by atoms with Crippen molar-refractivity contribution in [2.24, 2.45) is 0 Å². The number of pyridine rings is 1. The lowest BCUT2D eigenvalue weighted by Crippen LogP contribution is -2.24. The largest absolute Gasteiger partial charge is 0.494 e. The molecule has 2 heterocycles. The number of amides is 1. The first-order valence-electron chi connectivity index (χ1n) is 9.77. The molecular weight excluding hydrogens is 397 g/mol. The number of rotatable bonds is 7. The Bertz CT molecular complexity index is 1160. The summed E-state index contributed by atoms with van der Waals surface area (Å²) >= 11 is 0. The summed E-state index contributed by atoms with van der Waals surface area (Å²) in [5.41, 5.74) is 2.99. The van der Waals surface area contributed by atoms with Gasteiger partial charge < -0.3 is 10.1 Å². The Kier molecular flexibility index (Phi) is 5.98. The van der Waals surface area contributed by atoms with E-state index in [4.69, 9.17) is 4.74 Å². The van der Waals surface area contributed by atoms with Gasteiger partial charge in [-0.15, -0.1) is 5.10 Å². The van der Waals surface area contributed by atoms with E-state index < -0.39 is 0 Å². The molecule has 0 aliphatic carbocycles. The maximum atomic E-state index is 13.1. The number of carbonyl (C=O) groups excluding carboxylic acids is 1. The number of nitrogens with zero attached hydrogens (tertiary/aromatic N) is 4. The van der Waals surface area contributed by atoms with Crippen molar-refractivity contribution >= 4 is 5.91 Å². The first kappa shape index (κ1) is 20.2. The Morgan fingerprint density at radius 3 is 2.42 bits per heavy atom. The lowest BCUT2D eigenvalue weighted by atomic mass is 10.1. The summed E-state index contributed by atoms with van der Waals surface area (Å²) in [5.74, 6) is 0.0377. The molecule has 4 aromatic rings. The van der Waals surface area contributed by atoms with Crippen LogP contribution in [0.2, 0.25) is 0 Å². The maximum absolute atomic E-state index is 13.1. The summed E-state index contributed by atoms with van der Waals surface area (Å²) in [6.45, 7) is 2.73. The van der Waals surface area contributed by atoms with Crippen LogP contribution in [0, 0.1) is 5.82 Å². The molecule has 0 atom stereocenters. The molecule has 1 N–H and O–H groups in total. The smallest absolute Gasteiger partial charge is 0.274 e. The quantitative estimate of drug-likeness (QED) is 0.495. The van der Waals surface area contributed by atoms with Crippen molar-refractivity contribution in [3.8, 4) is 22.7 Å². The monoisotopic (exact) mass is 417 g/mol. The van der Waals surface area contributed by atoms with Gasteiger partial charge in [-0.05, 0) is 61.0 Å². The molecule has 0 radical (unpaired) electrons. The fraction of sp³-hybridized carbons (Fsp3) is 0.130. The van der Waals surface area contributed by atoms with Crippen LogP contribution in [0.3, 0.4) is 0 Å².